The van der Waals surface area contributed by atoms with Crippen LogP contribution in [0, 0.1) is 20.2 Å². The molecule has 0 aliphatic heterocycles. The van der Waals surface area contributed by atoms with Crippen molar-refractivity contribution in [1.82, 2.24) is 15.3 Å². The summed E-state index contributed by atoms with van der Waals surface area (Å²) in [5.74, 6) is -1.05. The number of rotatable bonds is 19. The van der Waals surface area contributed by atoms with Gasteiger partial charge in [-0.2, -0.15) is 21.6 Å². The molecule has 0 fully saturated rings. The Hall–Kier alpha value is -8.24. The molecule has 17 nitrogen and oxygen atoms in total. The zero-order valence-electron chi connectivity index (χ0n) is 41.9. The molecule has 0 aliphatic rings. The number of para-hydroxylation sites is 2. The Kier molecular flexibility index (Phi) is 19.0. The molecular formula is C55H57F3N8O9S. The van der Waals surface area contributed by atoms with Crippen molar-refractivity contribution < 1.29 is 45.8 Å². The van der Waals surface area contributed by atoms with Gasteiger partial charge in [0.1, 0.15) is 11.4 Å². The highest BCUT2D eigenvalue weighted by atomic mass is 32.2. The molecule has 0 atom stereocenters. The number of alkyl halides is 3. The summed E-state index contributed by atoms with van der Waals surface area (Å²) in [5, 5.41) is 53.9. The van der Waals surface area contributed by atoms with Crippen molar-refractivity contribution in [3.8, 4) is 5.88 Å². The van der Waals surface area contributed by atoms with Gasteiger partial charge in [0.15, 0.2) is 0 Å². The maximum Gasteiger partial charge on any atom is 0.534 e. The number of pyridine rings is 2. The quantitative estimate of drug-likeness (QED) is 0.0219. The van der Waals surface area contributed by atoms with Gasteiger partial charge in [0.05, 0.1) is 32.1 Å². The third kappa shape index (κ3) is 16.4. The minimum absolute atomic E-state index is 0.0475. The molecule has 2 heterocycles. The van der Waals surface area contributed by atoms with Crippen LogP contribution in [0.3, 0.4) is 0 Å². The normalized spacial score (nSPS) is 11.6. The molecule has 5 N–H and O–H groups in total. The van der Waals surface area contributed by atoms with Crippen molar-refractivity contribution in [2.75, 3.05) is 28.6 Å². The molecule has 0 saturated heterocycles. The van der Waals surface area contributed by atoms with Crippen LogP contribution in [0.15, 0.2) is 170 Å². The van der Waals surface area contributed by atoms with Crippen LogP contribution < -0.4 is 25.0 Å². The van der Waals surface area contributed by atoms with E-state index < -0.39 is 43.3 Å². The predicted molar refractivity (Wildman–Crippen MR) is 288 cm³/mol. The summed E-state index contributed by atoms with van der Waals surface area (Å²) in [5.41, 5.74) is -4.07. The largest absolute Gasteiger partial charge is 0.534 e. The average molecular weight is 1060 g/mol. The topological polar surface area (TPSA) is 235 Å². The molecule has 6 aromatic carbocycles. The number of nitrogens with zero attached hydrogens (tertiary/aromatic N) is 5. The van der Waals surface area contributed by atoms with Crippen molar-refractivity contribution in [3.63, 3.8) is 0 Å². The molecule has 0 aliphatic carbocycles. The number of fused-ring (bicyclic) bond motifs is 2. The Labute approximate surface area is 437 Å². The third-order valence-electron chi connectivity index (χ3n) is 11.0. The van der Waals surface area contributed by atoms with E-state index in [2.05, 4.69) is 73.6 Å². The Bertz CT molecular complexity index is 3230. The van der Waals surface area contributed by atoms with E-state index in [-0.39, 0.29) is 46.1 Å². The minimum Gasteiger partial charge on any atom is -0.389 e. The average Bonchev–Trinajstić information content (AvgIpc) is 3.42. The molecule has 0 spiro atoms. The number of halogens is 3. The van der Waals surface area contributed by atoms with E-state index in [1.54, 1.807) is 13.8 Å². The molecule has 21 heteroatoms. The fourth-order valence-corrected chi connectivity index (χ4v) is 7.88. The van der Waals surface area contributed by atoms with Crippen molar-refractivity contribution in [2.24, 2.45) is 0 Å². The van der Waals surface area contributed by atoms with Gasteiger partial charge in [0.25, 0.3) is 0 Å². The molecular weight excluding hydrogens is 1010 g/mol. The summed E-state index contributed by atoms with van der Waals surface area (Å²) in [6.45, 7) is 8.78. The van der Waals surface area contributed by atoms with Crippen LogP contribution in [-0.2, 0) is 36.3 Å². The van der Waals surface area contributed by atoms with Gasteiger partial charge in [-0.25, -0.2) is 9.97 Å². The Morgan fingerprint density at radius 2 is 0.908 bits per heavy atom. The first-order chi connectivity index (χ1) is 36.0. The van der Waals surface area contributed by atoms with Crippen LogP contribution >= 0.6 is 0 Å². The second kappa shape index (κ2) is 25.3. The van der Waals surface area contributed by atoms with Crippen LogP contribution in [0.2, 0.25) is 0 Å². The van der Waals surface area contributed by atoms with Gasteiger partial charge in [-0.3, -0.25) is 20.2 Å². The van der Waals surface area contributed by atoms with Crippen molar-refractivity contribution in [1.29, 1.82) is 0 Å². The van der Waals surface area contributed by atoms with Gasteiger partial charge >= 0.3 is 32.9 Å². The van der Waals surface area contributed by atoms with Crippen LogP contribution in [-0.4, -0.2) is 68.2 Å². The van der Waals surface area contributed by atoms with Crippen molar-refractivity contribution in [2.45, 2.75) is 70.6 Å². The lowest BCUT2D eigenvalue weighted by atomic mass is 10.1. The fraction of sp³-hybridized carbons (Fsp3) is 0.236. The first-order valence-corrected chi connectivity index (χ1v) is 25.1. The van der Waals surface area contributed by atoms with Gasteiger partial charge in [0, 0.05) is 50.0 Å². The molecule has 0 unspecified atom stereocenters. The zero-order chi connectivity index (χ0) is 55.1. The number of nitro groups is 2. The summed E-state index contributed by atoms with van der Waals surface area (Å²) >= 11 is 0. The lowest BCUT2D eigenvalue weighted by Gasteiger charge is -2.26. The number of hydrogen-bond acceptors (Lipinski definition) is 15. The van der Waals surface area contributed by atoms with E-state index in [0.717, 1.165) is 24.2 Å². The highest BCUT2D eigenvalue weighted by molar-refractivity contribution is 7.88. The molecule has 0 radical (unpaired) electrons. The van der Waals surface area contributed by atoms with Gasteiger partial charge in [0.2, 0.25) is 5.82 Å². The summed E-state index contributed by atoms with van der Waals surface area (Å²) < 4.78 is 64.3. The van der Waals surface area contributed by atoms with Gasteiger partial charge in [-0.05, 0) is 62.1 Å². The highest BCUT2D eigenvalue weighted by Gasteiger charge is 2.50. The van der Waals surface area contributed by atoms with Crippen LogP contribution in [0.4, 0.5) is 41.7 Å². The van der Waals surface area contributed by atoms with Crippen molar-refractivity contribution >= 4 is 60.5 Å². The van der Waals surface area contributed by atoms with Gasteiger partial charge in [-0.1, -0.05) is 158 Å². The minimum atomic E-state index is -6.18. The Balaban J connectivity index is 0.000000198. The van der Waals surface area contributed by atoms with Crippen LogP contribution in [0.1, 0.15) is 49.9 Å². The number of aliphatic hydroxyl groups is 2. The first-order valence-electron chi connectivity index (χ1n) is 23.7. The molecule has 76 heavy (non-hydrogen) atoms. The Morgan fingerprint density at radius 1 is 0.553 bits per heavy atom. The third-order valence-corrected chi connectivity index (χ3v) is 11.9. The summed E-state index contributed by atoms with van der Waals surface area (Å²) in [6.07, 6.45) is 0. The number of benzene rings is 6. The molecule has 398 valence electrons. The van der Waals surface area contributed by atoms with E-state index in [1.165, 1.54) is 49.2 Å². The monoisotopic (exact) mass is 1060 g/mol. The van der Waals surface area contributed by atoms with E-state index in [0.29, 0.717) is 29.7 Å². The first kappa shape index (κ1) is 57.0. The van der Waals surface area contributed by atoms with Crippen LogP contribution in [0.5, 0.6) is 5.88 Å². The number of aromatic nitrogens is 2. The van der Waals surface area contributed by atoms with E-state index in [4.69, 9.17) is 4.98 Å². The molecule has 0 amide bonds. The van der Waals surface area contributed by atoms with E-state index in [9.17, 15) is 52.0 Å². The summed E-state index contributed by atoms with van der Waals surface area (Å²) in [7, 11) is -6.18. The highest BCUT2D eigenvalue weighted by Crippen LogP contribution is 2.42. The number of anilines is 3. The second-order valence-corrected chi connectivity index (χ2v) is 20.1. The van der Waals surface area contributed by atoms with E-state index >= 15 is 0 Å². The molecule has 8 aromatic rings. The maximum absolute atomic E-state index is 12.6. The fourth-order valence-electron chi connectivity index (χ4n) is 7.46. The maximum atomic E-state index is 12.6. The zero-order valence-corrected chi connectivity index (χ0v) is 42.8. The van der Waals surface area contributed by atoms with Gasteiger partial charge < -0.3 is 35.2 Å². The number of nitrogens with one attached hydrogen (secondary N) is 3. The SMILES string of the molecule is CC(C)(O)CNc1c([N+](=O)[O-])c(N(Cc2ccccc2)Cc2ccccc2)nc2ccccc12.CC(C)(O)CNc1c([N+](=O)[O-])c(OS(=O)(=O)C(F)(F)F)nc2ccccc12.c1ccc(CNCc2ccccc2)cc1. The molecule has 8 rings (SSSR count). The summed E-state index contributed by atoms with van der Waals surface area (Å²) in [6, 6.07) is 53.6. The smallest absolute Gasteiger partial charge is 0.389 e. The van der Waals surface area contributed by atoms with E-state index in [1.807, 2.05) is 102 Å². The van der Waals surface area contributed by atoms with Gasteiger partial charge in [-0.15, -0.1) is 0 Å². The van der Waals surface area contributed by atoms with Crippen molar-refractivity contribution in [3.05, 3.63) is 212 Å². The number of hydrogen-bond donors (Lipinski definition) is 5. The summed E-state index contributed by atoms with van der Waals surface area (Å²) in [4.78, 5) is 32.7. The molecule has 2 aromatic heterocycles. The predicted octanol–water partition coefficient (Wildman–Crippen LogP) is 11.1. The lowest BCUT2D eigenvalue weighted by Crippen LogP contribution is -2.30. The second-order valence-electron chi connectivity index (χ2n) is 18.6. The standard InChI is InChI=1S/C27H28N4O3.C14H14F3N3O6S.C14H15N/c1-27(2,32)19-28-24-22-15-9-10-16-23(22)29-26(25(24)31(33)34)30(17-20-11-5-3-6-12-20)18-21-13-7-4-8-14-21;1-13(2,21)7-18-10-8-5-3-4-6-9(8)19-12(11(10)20(22)23)26-27(24,25)14(15,16)17;1-3-7-13(8-4-1)11-15-12-14-9-5-2-6-10-14/h3-16,32H,17-19H2,1-2H3,(H,28,29);3-6,21H,7H2,1-2H3,(H,18,19);1-10,15H,11-12H2. The lowest BCUT2D eigenvalue weighted by molar-refractivity contribution is -0.384. The van der Waals surface area contributed by atoms with Crippen LogP contribution in [0.25, 0.3) is 21.8 Å². The molecule has 0 bridgehead atoms. The Morgan fingerprint density at radius 3 is 1.29 bits per heavy atom. The molecule has 0 saturated carbocycles.